The van der Waals surface area contributed by atoms with E-state index < -0.39 is 26.5 Å². The van der Waals surface area contributed by atoms with E-state index in [1.165, 1.54) is 19.2 Å². The fourth-order valence-corrected chi connectivity index (χ4v) is 3.98. The molecule has 0 atom stereocenters. The molecule has 1 fully saturated rings. The number of carbonyl (C=O) groups is 2. The molecular weight excluding hydrogens is 320 g/mol. The van der Waals surface area contributed by atoms with Crippen molar-refractivity contribution in [3.05, 3.63) is 29.8 Å². The van der Waals surface area contributed by atoms with Crippen LogP contribution in [0.1, 0.15) is 23.2 Å². The third-order valence-corrected chi connectivity index (χ3v) is 6.11. The first kappa shape index (κ1) is 17.4. The highest BCUT2D eigenvalue weighted by molar-refractivity contribution is 7.92. The molecule has 1 aromatic carbocycles. The van der Waals surface area contributed by atoms with Gasteiger partial charge in [-0.15, -0.1) is 0 Å². The molecule has 1 amide bonds. The van der Waals surface area contributed by atoms with E-state index in [0.717, 1.165) is 6.26 Å². The number of esters is 1. The van der Waals surface area contributed by atoms with Crippen molar-refractivity contribution in [3.63, 3.8) is 0 Å². The fraction of sp³-hybridized carbons (Fsp3) is 0.467. The highest BCUT2D eigenvalue weighted by Gasteiger charge is 2.48. The molecule has 7 nitrogen and oxygen atoms in total. The van der Waals surface area contributed by atoms with E-state index in [9.17, 15) is 18.0 Å². The maximum absolute atomic E-state index is 12.6. The number of amides is 1. The summed E-state index contributed by atoms with van der Waals surface area (Å²) in [6.45, 7) is 0.948. The molecule has 0 bridgehead atoms. The SMILES string of the molecule is COC(=O)c1ccc(NC(=O)C2(S(C)(=O)=O)CCNCC2)cc1. The molecule has 0 aliphatic carbocycles. The molecule has 2 rings (SSSR count). The zero-order valence-corrected chi connectivity index (χ0v) is 13.9. The predicted octanol–water partition coefficient (Wildman–Crippen LogP) is 0.579. The van der Waals surface area contributed by atoms with Crippen molar-refractivity contribution in [1.29, 1.82) is 0 Å². The molecule has 126 valence electrons. The summed E-state index contributed by atoms with van der Waals surface area (Å²) in [5.74, 6) is -1.01. The second-order valence-corrected chi connectivity index (χ2v) is 7.87. The minimum absolute atomic E-state index is 0.234. The molecule has 0 radical (unpaired) electrons. The Bertz CT molecular complexity index is 691. The average molecular weight is 340 g/mol. The summed E-state index contributed by atoms with van der Waals surface area (Å²) < 4.78 is 27.5. The Balaban J connectivity index is 2.21. The predicted molar refractivity (Wildman–Crippen MR) is 86.1 cm³/mol. The van der Waals surface area contributed by atoms with E-state index in [1.807, 2.05) is 0 Å². The van der Waals surface area contributed by atoms with Crippen molar-refractivity contribution in [2.75, 3.05) is 31.8 Å². The molecule has 0 unspecified atom stereocenters. The molecule has 8 heteroatoms. The van der Waals surface area contributed by atoms with Crippen LogP contribution in [0.4, 0.5) is 5.69 Å². The zero-order chi connectivity index (χ0) is 17.1. The van der Waals surface area contributed by atoms with Crippen LogP contribution in [0.2, 0.25) is 0 Å². The van der Waals surface area contributed by atoms with E-state index >= 15 is 0 Å². The van der Waals surface area contributed by atoms with Crippen LogP contribution in [0.3, 0.4) is 0 Å². The molecule has 1 aliphatic rings. The second kappa shape index (κ2) is 6.67. The van der Waals surface area contributed by atoms with Crippen molar-refractivity contribution in [2.24, 2.45) is 0 Å². The Morgan fingerprint density at radius 2 is 1.74 bits per heavy atom. The Labute approximate surface area is 135 Å². The van der Waals surface area contributed by atoms with Gasteiger partial charge in [0.1, 0.15) is 0 Å². The van der Waals surface area contributed by atoms with Gasteiger partial charge < -0.3 is 15.4 Å². The van der Waals surface area contributed by atoms with Gasteiger partial charge in [-0.1, -0.05) is 0 Å². The van der Waals surface area contributed by atoms with Crippen molar-refractivity contribution < 1.29 is 22.7 Å². The van der Waals surface area contributed by atoms with Crippen LogP contribution in [-0.2, 0) is 19.4 Å². The molecule has 1 saturated heterocycles. The van der Waals surface area contributed by atoms with Gasteiger partial charge in [0, 0.05) is 11.9 Å². The van der Waals surface area contributed by atoms with Crippen LogP contribution < -0.4 is 10.6 Å². The van der Waals surface area contributed by atoms with Crippen molar-refractivity contribution in [1.82, 2.24) is 5.32 Å². The molecule has 1 aromatic rings. The van der Waals surface area contributed by atoms with Gasteiger partial charge in [-0.2, -0.15) is 0 Å². The number of hydrogen-bond donors (Lipinski definition) is 2. The zero-order valence-electron chi connectivity index (χ0n) is 13.1. The van der Waals surface area contributed by atoms with Gasteiger partial charge in [0.05, 0.1) is 12.7 Å². The molecular formula is C15H20N2O5S. The second-order valence-electron chi connectivity index (χ2n) is 5.54. The summed E-state index contributed by atoms with van der Waals surface area (Å²) in [6, 6.07) is 6.11. The highest BCUT2D eigenvalue weighted by Crippen LogP contribution is 2.29. The number of benzene rings is 1. The van der Waals surface area contributed by atoms with Crippen LogP contribution in [0.15, 0.2) is 24.3 Å². The Morgan fingerprint density at radius 3 is 2.22 bits per heavy atom. The van der Waals surface area contributed by atoms with E-state index in [1.54, 1.807) is 12.1 Å². The summed E-state index contributed by atoms with van der Waals surface area (Å²) in [7, 11) is -2.28. The minimum atomic E-state index is -3.56. The summed E-state index contributed by atoms with van der Waals surface area (Å²) in [6.07, 6.45) is 1.56. The topological polar surface area (TPSA) is 102 Å². The number of rotatable bonds is 4. The largest absolute Gasteiger partial charge is 0.465 e. The molecule has 0 spiro atoms. The Kier molecular flexibility index (Phi) is 5.06. The van der Waals surface area contributed by atoms with Crippen molar-refractivity contribution in [3.8, 4) is 0 Å². The number of carbonyl (C=O) groups excluding carboxylic acids is 2. The third-order valence-electron chi connectivity index (χ3n) is 4.10. The number of methoxy groups -OCH3 is 1. The van der Waals surface area contributed by atoms with Crippen LogP contribution in [-0.4, -0.2) is 51.5 Å². The highest BCUT2D eigenvalue weighted by atomic mass is 32.2. The standard InChI is InChI=1S/C15H20N2O5S/c1-22-13(18)11-3-5-12(6-4-11)17-14(19)15(23(2,20)21)7-9-16-10-8-15/h3-6,16H,7-10H2,1-2H3,(H,17,19). The third kappa shape index (κ3) is 3.53. The number of hydrogen-bond acceptors (Lipinski definition) is 6. The molecule has 1 aliphatic heterocycles. The summed E-state index contributed by atoms with van der Waals surface area (Å²) in [5, 5.41) is 5.71. The lowest BCUT2D eigenvalue weighted by atomic mass is 9.95. The number of ether oxygens (including phenoxy) is 1. The monoisotopic (exact) mass is 340 g/mol. The summed E-state index contributed by atoms with van der Waals surface area (Å²) >= 11 is 0. The molecule has 2 N–H and O–H groups in total. The molecule has 0 saturated carbocycles. The first-order valence-electron chi connectivity index (χ1n) is 7.20. The summed E-state index contributed by atoms with van der Waals surface area (Å²) in [4.78, 5) is 24.0. The number of anilines is 1. The van der Waals surface area contributed by atoms with Gasteiger partial charge in [0.15, 0.2) is 14.6 Å². The van der Waals surface area contributed by atoms with Crippen LogP contribution in [0.5, 0.6) is 0 Å². The van der Waals surface area contributed by atoms with Gasteiger partial charge in [0.25, 0.3) is 0 Å². The quantitative estimate of drug-likeness (QED) is 0.778. The van der Waals surface area contributed by atoms with E-state index in [-0.39, 0.29) is 12.8 Å². The first-order chi connectivity index (χ1) is 10.8. The summed E-state index contributed by atoms with van der Waals surface area (Å²) in [5.41, 5.74) is 0.786. The van der Waals surface area contributed by atoms with Crippen LogP contribution >= 0.6 is 0 Å². The number of nitrogens with one attached hydrogen (secondary N) is 2. The lowest BCUT2D eigenvalue weighted by molar-refractivity contribution is -0.119. The lowest BCUT2D eigenvalue weighted by Gasteiger charge is -2.34. The number of piperidine rings is 1. The molecule has 0 aromatic heterocycles. The Morgan fingerprint density at radius 1 is 1.17 bits per heavy atom. The minimum Gasteiger partial charge on any atom is -0.465 e. The number of sulfone groups is 1. The van der Waals surface area contributed by atoms with Crippen molar-refractivity contribution >= 4 is 27.4 Å². The fourth-order valence-electron chi connectivity index (χ4n) is 2.65. The van der Waals surface area contributed by atoms with Crippen LogP contribution in [0.25, 0.3) is 0 Å². The molecule has 23 heavy (non-hydrogen) atoms. The molecule has 1 heterocycles. The van der Waals surface area contributed by atoms with Gasteiger partial charge in [-0.3, -0.25) is 4.79 Å². The van der Waals surface area contributed by atoms with E-state index in [2.05, 4.69) is 15.4 Å². The average Bonchev–Trinajstić information content (AvgIpc) is 2.54. The van der Waals surface area contributed by atoms with Gasteiger partial charge in [0.2, 0.25) is 5.91 Å². The van der Waals surface area contributed by atoms with Gasteiger partial charge in [-0.05, 0) is 50.2 Å². The normalized spacial score (nSPS) is 17.3. The van der Waals surface area contributed by atoms with Crippen LogP contribution in [0, 0.1) is 0 Å². The van der Waals surface area contributed by atoms with Gasteiger partial charge >= 0.3 is 5.97 Å². The van der Waals surface area contributed by atoms with Crippen molar-refractivity contribution in [2.45, 2.75) is 17.6 Å². The Hall–Kier alpha value is -1.93. The maximum Gasteiger partial charge on any atom is 0.337 e. The van der Waals surface area contributed by atoms with E-state index in [4.69, 9.17) is 0 Å². The van der Waals surface area contributed by atoms with Gasteiger partial charge in [-0.25, -0.2) is 13.2 Å². The smallest absolute Gasteiger partial charge is 0.337 e. The first-order valence-corrected chi connectivity index (χ1v) is 9.09. The maximum atomic E-state index is 12.6. The lowest BCUT2D eigenvalue weighted by Crippen LogP contribution is -2.55. The van der Waals surface area contributed by atoms with E-state index in [0.29, 0.717) is 24.3 Å².